The summed E-state index contributed by atoms with van der Waals surface area (Å²) in [6.45, 7) is 6.04. The second-order valence-corrected chi connectivity index (χ2v) is 7.34. The van der Waals surface area contributed by atoms with E-state index in [4.69, 9.17) is 0 Å². The van der Waals surface area contributed by atoms with E-state index in [0.717, 1.165) is 54.2 Å². The summed E-state index contributed by atoms with van der Waals surface area (Å²) in [5.74, 6) is 1.07. The summed E-state index contributed by atoms with van der Waals surface area (Å²) in [5, 5.41) is 13.9. The van der Waals surface area contributed by atoms with Crippen molar-refractivity contribution in [3.05, 3.63) is 83.7 Å². The molecule has 0 fully saturated rings. The molecule has 30 heavy (non-hydrogen) atoms. The molecule has 2 heterocycles. The number of hydrogen-bond donors (Lipinski definition) is 0. The number of nitriles is 1. The molecule has 0 atom stereocenters. The van der Waals surface area contributed by atoms with Crippen LogP contribution in [0.1, 0.15) is 37.1 Å². The molecule has 0 saturated heterocycles. The van der Waals surface area contributed by atoms with Gasteiger partial charge in [0.2, 0.25) is 0 Å². The highest BCUT2D eigenvalue weighted by Gasteiger charge is 2.14. The highest BCUT2D eigenvalue weighted by atomic mass is 15.3. The van der Waals surface area contributed by atoms with Gasteiger partial charge in [0.25, 0.3) is 0 Å². The minimum Gasteiger partial charge on any atom is -0.352 e. The molecule has 0 unspecified atom stereocenters. The molecule has 2 aromatic heterocycles. The number of fused-ring (bicyclic) bond motifs is 1. The molecule has 4 rings (SSSR count). The minimum atomic E-state index is 0.697. The minimum absolute atomic E-state index is 0.697. The Hall–Kier alpha value is -3.65. The largest absolute Gasteiger partial charge is 0.352 e. The van der Waals surface area contributed by atoms with Crippen LogP contribution in [0.25, 0.3) is 16.8 Å². The monoisotopic (exact) mass is 395 g/mol. The van der Waals surface area contributed by atoms with Gasteiger partial charge >= 0.3 is 0 Å². The summed E-state index contributed by atoms with van der Waals surface area (Å²) in [6, 6.07) is 22.6. The number of hydrogen-bond acceptors (Lipinski definition) is 4. The number of aryl methyl sites for hydroxylation is 1. The lowest BCUT2D eigenvalue weighted by Crippen LogP contribution is -2.26. The molecular formula is C25H25N5. The van der Waals surface area contributed by atoms with Crippen LogP contribution in [-0.4, -0.2) is 21.1 Å². The Morgan fingerprint density at radius 1 is 1.03 bits per heavy atom. The molecule has 5 heteroatoms. The molecule has 2 aromatic carbocycles. The fraction of sp³-hybridized carbons (Fsp3) is 0.240. The van der Waals surface area contributed by atoms with Gasteiger partial charge in [-0.05, 0) is 35.6 Å². The normalized spacial score (nSPS) is 10.8. The fourth-order valence-corrected chi connectivity index (χ4v) is 3.74. The van der Waals surface area contributed by atoms with E-state index in [1.807, 2.05) is 34.8 Å². The zero-order valence-corrected chi connectivity index (χ0v) is 17.4. The Labute approximate surface area is 177 Å². The molecule has 0 aliphatic heterocycles. The number of anilines is 1. The third-order valence-corrected chi connectivity index (χ3v) is 5.26. The lowest BCUT2D eigenvalue weighted by Gasteiger charge is -2.25. The Morgan fingerprint density at radius 2 is 1.83 bits per heavy atom. The van der Waals surface area contributed by atoms with Gasteiger partial charge in [-0.1, -0.05) is 56.3 Å². The maximum atomic E-state index is 9.38. The molecule has 150 valence electrons. The van der Waals surface area contributed by atoms with Gasteiger partial charge in [0.1, 0.15) is 5.82 Å². The van der Waals surface area contributed by atoms with E-state index < -0.39 is 0 Å². The quantitative estimate of drug-likeness (QED) is 0.429. The number of benzene rings is 2. The molecular weight excluding hydrogens is 370 g/mol. The number of nitrogens with zero attached hydrogens (tertiary/aromatic N) is 5. The first-order valence-electron chi connectivity index (χ1n) is 10.4. The van der Waals surface area contributed by atoms with E-state index in [9.17, 15) is 5.26 Å². The smallest absolute Gasteiger partial charge is 0.157 e. The molecule has 0 amide bonds. The Bertz CT molecular complexity index is 1180. The summed E-state index contributed by atoms with van der Waals surface area (Å²) >= 11 is 0. The van der Waals surface area contributed by atoms with E-state index >= 15 is 0 Å². The molecule has 0 bridgehead atoms. The summed E-state index contributed by atoms with van der Waals surface area (Å²) in [6.07, 6.45) is 3.73. The Morgan fingerprint density at radius 3 is 2.57 bits per heavy atom. The third kappa shape index (κ3) is 3.90. The lowest BCUT2D eigenvalue weighted by atomic mass is 9.99. The topological polar surface area (TPSA) is 57.2 Å². The van der Waals surface area contributed by atoms with E-state index in [1.165, 1.54) is 5.56 Å². The van der Waals surface area contributed by atoms with Crippen molar-refractivity contribution < 1.29 is 0 Å². The maximum Gasteiger partial charge on any atom is 0.157 e. The van der Waals surface area contributed by atoms with Crippen LogP contribution in [0.3, 0.4) is 0 Å². The van der Waals surface area contributed by atoms with Gasteiger partial charge in [-0.3, -0.25) is 0 Å². The highest BCUT2D eigenvalue weighted by Crippen LogP contribution is 2.25. The second kappa shape index (κ2) is 8.79. The van der Waals surface area contributed by atoms with Gasteiger partial charge in [-0.2, -0.15) is 14.9 Å². The molecule has 0 aliphatic rings. The molecule has 5 nitrogen and oxygen atoms in total. The van der Waals surface area contributed by atoms with Crippen LogP contribution in [0.5, 0.6) is 0 Å². The third-order valence-electron chi connectivity index (χ3n) is 5.26. The number of rotatable bonds is 7. The second-order valence-electron chi connectivity index (χ2n) is 7.34. The molecule has 4 aromatic rings. The zero-order valence-electron chi connectivity index (χ0n) is 17.4. The van der Waals surface area contributed by atoms with Gasteiger partial charge in [0.05, 0.1) is 17.8 Å². The summed E-state index contributed by atoms with van der Waals surface area (Å²) in [7, 11) is 0. The van der Waals surface area contributed by atoms with Gasteiger partial charge in [-0.25, -0.2) is 4.98 Å². The summed E-state index contributed by atoms with van der Waals surface area (Å²) in [4.78, 5) is 7.03. The van der Waals surface area contributed by atoms with Crippen LogP contribution in [-0.2, 0) is 13.0 Å². The van der Waals surface area contributed by atoms with Crippen molar-refractivity contribution >= 4 is 11.5 Å². The maximum absolute atomic E-state index is 9.38. The van der Waals surface area contributed by atoms with Crippen LogP contribution in [0.4, 0.5) is 5.82 Å². The predicted octanol–water partition coefficient (Wildman–Crippen LogP) is 5.25. The van der Waals surface area contributed by atoms with E-state index in [-0.39, 0.29) is 0 Å². The summed E-state index contributed by atoms with van der Waals surface area (Å²) < 4.78 is 1.92. The predicted molar refractivity (Wildman–Crippen MR) is 120 cm³/mol. The van der Waals surface area contributed by atoms with Gasteiger partial charge in [0, 0.05) is 30.9 Å². The van der Waals surface area contributed by atoms with Crippen LogP contribution in [0, 0.1) is 11.3 Å². The van der Waals surface area contributed by atoms with Crippen molar-refractivity contribution in [2.24, 2.45) is 0 Å². The average Bonchev–Trinajstić information content (AvgIpc) is 3.27. The Kier molecular flexibility index (Phi) is 5.76. The molecule has 0 N–H and O–H groups in total. The van der Waals surface area contributed by atoms with E-state index in [0.29, 0.717) is 5.56 Å². The lowest BCUT2D eigenvalue weighted by molar-refractivity contribution is 0.728. The molecule has 0 spiro atoms. The van der Waals surface area contributed by atoms with Crippen molar-refractivity contribution in [1.29, 1.82) is 5.26 Å². The highest BCUT2D eigenvalue weighted by molar-refractivity contribution is 5.70. The fourth-order valence-electron chi connectivity index (χ4n) is 3.74. The molecule has 0 radical (unpaired) electrons. The van der Waals surface area contributed by atoms with Crippen LogP contribution < -0.4 is 4.90 Å². The van der Waals surface area contributed by atoms with Gasteiger partial charge in [0.15, 0.2) is 5.65 Å². The summed E-state index contributed by atoms with van der Waals surface area (Å²) in [5.41, 5.74) is 5.90. The first kappa shape index (κ1) is 19.7. The van der Waals surface area contributed by atoms with Crippen LogP contribution >= 0.6 is 0 Å². The standard InChI is InChI=1S/C25H25N5/c1-3-15-29(25-16-22(4-2)28-24-13-14-27-30(24)25)18-19-9-11-20(12-10-19)23-8-6-5-7-21(23)17-26/h5-14,16H,3-4,15,18H2,1-2H3. The first-order valence-corrected chi connectivity index (χ1v) is 10.4. The van der Waals surface area contributed by atoms with Crippen molar-refractivity contribution in [3.63, 3.8) is 0 Å². The van der Waals surface area contributed by atoms with Crippen molar-refractivity contribution in [2.45, 2.75) is 33.2 Å². The zero-order chi connectivity index (χ0) is 20.9. The van der Waals surface area contributed by atoms with Gasteiger partial charge < -0.3 is 4.90 Å². The van der Waals surface area contributed by atoms with Crippen molar-refractivity contribution in [2.75, 3.05) is 11.4 Å². The van der Waals surface area contributed by atoms with E-state index in [1.54, 1.807) is 6.20 Å². The SMILES string of the molecule is CCCN(Cc1ccc(-c2ccccc2C#N)cc1)c1cc(CC)nc2ccnn12. The molecule has 0 saturated carbocycles. The number of aromatic nitrogens is 3. The van der Waals surface area contributed by atoms with Crippen LogP contribution in [0.15, 0.2) is 66.9 Å². The Balaban J connectivity index is 1.65. The van der Waals surface area contributed by atoms with Crippen molar-refractivity contribution in [1.82, 2.24) is 14.6 Å². The van der Waals surface area contributed by atoms with Gasteiger partial charge in [-0.15, -0.1) is 0 Å². The average molecular weight is 396 g/mol. The van der Waals surface area contributed by atoms with E-state index in [2.05, 4.69) is 65.2 Å². The molecule has 0 aliphatic carbocycles. The van der Waals surface area contributed by atoms with Crippen LogP contribution in [0.2, 0.25) is 0 Å². The van der Waals surface area contributed by atoms with Crippen molar-refractivity contribution in [3.8, 4) is 17.2 Å². The first-order chi connectivity index (χ1) is 14.7.